The van der Waals surface area contributed by atoms with Crippen molar-refractivity contribution < 1.29 is 4.79 Å². The molecule has 1 aromatic heterocycles. The van der Waals surface area contributed by atoms with E-state index in [1.165, 1.54) is 37.6 Å². The fourth-order valence-corrected chi connectivity index (χ4v) is 2.39. The summed E-state index contributed by atoms with van der Waals surface area (Å²) >= 11 is 0. The lowest BCUT2D eigenvalue weighted by molar-refractivity contribution is 0.0948. The van der Waals surface area contributed by atoms with Crippen LogP contribution in [-0.2, 0) is 0 Å². The molecular weight excluding hydrogens is 264 g/mol. The topological polar surface area (TPSA) is 66.9 Å². The second-order valence-corrected chi connectivity index (χ2v) is 5.33. The molecule has 2 N–H and O–H groups in total. The average molecular weight is 288 g/mol. The Hall–Kier alpha value is -1.91. The van der Waals surface area contributed by atoms with E-state index in [2.05, 4.69) is 26.7 Å². The van der Waals surface area contributed by atoms with Crippen molar-refractivity contribution in [2.24, 2.45) is 0 Å². The standard InChI is InChI=1S/C16H24N4O/c1-2-9-18-16(21)14-11-15(20-12-19-14)17-10-8-13-6-4-3-5-7-13/h6,11-12H,2-5,7-10H2,1H3,(H,18,21)(H,17,19,20). The zero-order valence-electron chi connectivity index (χ0n) is 12.7. The van der Waals surface area contributed by atoms with E-state index in [1.807, 2.05) is 6.92 Å². The van der Waals surface area contributed by atoms with Crippen LogP contribution in [-0.4, -0.2) is 29.0 Å². The molecule has 1 heterocycles. The van der Waals surface area contributed by atoms with E-state index in [0.29, 0.717) is 18.1 Å². The number of aromatic nitrogens is 2. The van der Waals surface area contributed by atoms with E-state index >= 15 is 0 Å². The summed E-state index contributed by atoms with van der Waals surface area (Å²) in [7, 11) is 0. The molecule has 0 aliphatic heterocycles. The van der Waals surface area contributed by atoms with Gasteiger partial charge in [-0.15, -0.1) is 0 Å². The summed E-state index contributed by atoms with van der Waals surface area (Å²) in [6.07, 6.45) is 10.8. The first-order chi connectivity index (χ1) is 10.3. The van der Waals surface area contributed by atoms with E-state index < -0.39 is 0 Å². The first kappa shape index (κ1) is 15.5. The normalized spacial score (nSPS) is 14.4. The van der Waals surface area contributed by atoms with Crippen LogP contribution in [0.4, 0.5) is 5.82 Å². The SMILES string of the molecule is CCCNC(=O)c1cc(NCCC2=CCCCC2)ncn1. The van der Waals surface area contributed by atoms with E-state index in [-0.39, 0.29) is 5.91 Å². The van der Waals surface area contributed by atoms with Crippen molar-refractivity contribution in [3.8, 4) is 0 Å². The first-order valence-electron chi connectivity index (χ1n) is 7.81. The summed E-state index contributed by atoms with van der Waals surface area (Å²) in [4.78, 5) is 20.0. The van der Waals surface area contributed by atoms with Crippen molar-refractivity contribution in [3.05, 3.63) is 29.7 Å². The zero-order valence-corrected chi connectivity index (χ0v) is 12.7. The van der Waals surface area contributed by atoms with Gasteiger partial charge in [0.1, 0.15) is 17.8 Å². The lowest BCUT2D eigenvalue weighted by atomic mass is 9.97. The second-order valence-electron chi connectivity index (χ2n) is 5.33. The molecule has 1 aliphatic rings. The van der Waals surface area contributed by atoms with E-state index in [9.17, 15) is 4.79 Å². The van der Waals surface area contributed by atoms with Crippen molar-refractivity contribution in [2.75, 3.05) is 18.4 Å². The molecule has 21 heavy (non-hydrogen) atoms. The Morgan fingerprint density at radius 3 is 2.95 bits per heavy atom. The average Bonchev–Trinajstić information content (AvgIpc) is 2.54. The molecule has 0 fully saturated rings. The van der Waals surface area contributed by atoms with E-state index in [4.69, 9.17) is 0 Å². The summed E-state index contributed by atoms with van der Waals surface area (Å²) in [6.45, 7) is 3.53. The molecule has 114 valence electrons. The Labute approximate surface area is 126 Å². The zero-order chi connectivity index (χ0) is 14.9. The summed E-state index contributed by atoms with van der Waals surface area (Å²) in [5, 5.41) is 6.09. The van der Waals surface area contributed by atoms with Crippen molar-refractivity contribution in [2.45, 2.75) is 45.4 Å². The number of rotatable bonds is 7. The van der Waals surface area contributed by atoms with Crippen LogP contribution in [0.5, 0.6) is 0 Å². The number of allylic oxidation sites excluding steroid dienone is 1. The van der Waals surface area contributed by atoms with Gasteiger partial charge in [0.05, 0.1) is 0 Å². The van der Waals surface area contributed by atoms with Crippen LogP contribution in [0.2, 0.25) is 0 Å². The molecule has 0 radical (unpaired) electrons. The largest absolute Gasteiger partial charge is 0.370 e. The third kappa shape index (κ3) is 5.17. The molecule has 0 aromatic carbocycles. The highest BCUT2D eigenvalue weighted by Gasteiger charge is 2.08. The van der Waals surface area contributed by atoms with Gasteiger partial charge in [0.2, 0.25) is 0 Å². The highest BCUT2D eigenvalue weighted by atomic mass is 16.1. The number of nitrogens with one attached hydrogen (secondary N) is 2. The highest BCUT2D eigenvalue weighted by molar-refractivity contribution is 5.92. The van der Waals surface area contributed by atoms with Crippen molar-refractivity contribution in [3.63, 3.8) is 0 Å². The Morgan fingerprint density at radius 2 is 2.19 bits per heavy atom. The molecule has 5 heteroatoms. The molecule has 0 spiro atoms. The Kier molecular flexibility index (Phi) is 6.19. The minimum atomic E-state index is -0.141. The molecule has 1 aromatic rings. The lowest BCUT2D eigenvalue weighted by Gasteiger charge is -2.13. The summed E-state index contributed by atoms with van der Waals surface area (Å²) in [5.41, 5.74) is 1.95. The number of hydrogen-bond donors (Lipinski definition) is 2. The van der Waals surface area contributed by atoms with Gasteiger partial charge in [-0.25, -0.2) is 9.97 Å². The van der Waals surface area contributed by atoms with Crippen LogP contribution < -0.4 is 10.6 Å². The van der Waals surface area contributed by atoms with Gasteiger partial charge >= 0.3 is 0 Å². The van der Waals surface area contributed by atoms with Crippen LogP contribution >= 0.6 is 0 Å². The lowest BCUT2D eigenvalue weighted by Crippen LogP contribution is -2.25. The number of hydrogen-bond acceptors (Lipinski definition) is 4. The molecule has 5 nitrogen and oxygen atoms in total. The van der Waals surface area contributed by atoms with Gasteiger partial charge in [0.25, 0.3) is 5.91 Å². The number of carbonyl (C=O) groups is 1. The van der Waals surface area contributed by atoms with Gasteiger partial charge < -0.3 is 10.6 Å². The molecule has 1 amide bonds. The number of amides is 1. The molecule has 0 unspecified atom stereocenters. The van der Waals surface area contributed by atoms with Crippen LogP contribution in [0.25, 0.3) is 0 Å². The van der Waals surface area contributed by atoms with Crippen LogP contribution in [0.3, 0.4) is 0 Å². The molecular formula is C16H24N4O. The van der Waals surface area contributed by atoms with Crippen molar-refractivity contribution in [1.29, 1.82) is 0 Å². The predicted octanol–water partition coefficient (Wildman–Crippen LogP) is 2.92. The maximum atomic E-state index is 11.8. The maximum Gasteiger partial charge on any atom is 0.270 e. The van der Waals surface area contributed by atoms with Gasteiger partial charge in [-0.2, -0.15) is 0 Å². The summed E-state index contributed by atoms with van der Waals surface area (Å²) < 4.78 is 0. The molecule has 0 saturated carbocycles. The third-order valence-electron chi connectivity index (χ3n) is 3.57. The van der Waals surface area contributed by atoms with Crippen molar-refractivity contribution >= 4 is 11.7 Å². The van der Waals surface area contributed by atoms with Crippen molar-refractivity contribution in [1.82, 2.24) is 15.3 Å². The van der Waals surface area contributed by atoms with E-state index in [1.54, 1.807) is 6.07 Å². The Bertz CT molecular complexity index is 499. The number of nitrogens with zero attached hydrogens (tertiary/aromatic N) is 2. The fourth-order valence-electron chi connectivity index (χ4n) is 2.39. The monoisotopic (exact) mass is 288 g/mol. The molecule has 1 aliphatic carbocycles. The highest BCUT2D eigenvalue weighted by Crippen LogP contribution is 2.19. The molecule has 0 atom stereocenters. The second kappa shape index (κ2) is 8.39. The Balaban J connectivity index is 1.83. The maximum absolute atomic E-state index is 11.8. The van der Waals surface area contributed by atoms with Crippen LogP contribution in [0.15, 0.2) is 24.0 Å². The first-order valence-corrected chi connectivity index (χ1v) is 7.81. The summed E-state index contributed by atoms with van der Waals surface area (Å²) in [6, 6.07) is 1.71. The quantitative estimate of drug-likeness (QED) is 0.757. The van der Waals surface area contributed by atoms with Gasteiger partial charge in [0, 0.05) is 19.2 Å². The molecule has 0 saturated heterocycles. The number of anilines is 1. The number of carbonyl (C=O) groups excluding carboxylic acids is 1. The van der Waals surface area contributed by atoms with E-state index in [0.717, 1.165) is 19.4 Å². The van der Waals surface area contributed by atoms with Crippen LogP contribution in [0, 0.1) is 0 Å². The fraction of sp³-hybridized carbons (Fsp3) is 0.562. The Morgan fingerprint density at radius 1 is 1.29 bits per heavy atom. The third-order valence-corrected chi connectivity index (χ3v) is 3.57. The minimum absolute atomic E-state index is 0.141. The van der Waals surface area contributed by atoms with Gasteiger partial charge in [-0.1, -0.05) is 18.6 Å². The predicted molar refractivity (Wildman–Crippen MR) is 84.3 cm³/mol. The summed E-state index contributed by atoms with van der Waals surface area (Å²) in [5.74, 6) is 0.570. The molecule has 0 bridgehead atoms. The van der Waals surface area contributed by atoms with Crippen LogP contribution in [0.1, 0.15) is 55.9 Å². The van der Waals surface area contributed by atoms with Gasteiger partial charge in [-0.3, -0.25) is 4.79 Å². The van der Waals surface area contributed by atoms with Gasteiger partial charge in [0.15, 0.2) is 0 Å². The van der Waals surface area contributed by atoms with Gasteiger partial charge in [-0.05, 0) is 38.5 Å². The molecule has 2 rings (SSSR count). The smallest absolute Gasteiger partial charge is 0.270 e. The minimum Gasteiger partial charge on any atom is -0.370 e.